The van der Waals surface area contributed by atoms with E-state index in [9.17, 15) is 0 Å². The molecule has 1 saturated heterocycles. The summed E-state index contributed by atoms with van der Waals surface area (Å²) in [5, 5.41) is 8.58. The van der Waals surface area contributed by atoms with Crippen LogP contribution < -0.4 is 4.90 Å². The summed E-state index contributed by atoms with van der Waals surface area (Å²) >= 11 is 0. The van der Waals surface area contributed by atoms with Crippen LogP contribution in [0.3, 0.4) is 0 Å². The minimum Gasteiger partial charge on any atom is -0.374 e. The Morgan fingerprint density at radius 3 is 2.86 bits per heavy atom. The molecule has 0 N–H and O–H groups in total. The lowest BCUT2D eigenvalue weighted by Gasteiger charge is -2.35. The normalized spacial score (nSPS) is 19.2. The quantitative estimate of drug-likeness (QED) is 0.843. The lowest BCUT2D eigenvalue weighted by atomic mass is 10.1. The van der Waals surface area contributed by atoms with Crippen molar-refractivity contribution in [1.82, 2.24) is 24.7 Å². The summed E-state index contributed by atoms with van der Waals surface area (Å²) in [5.74, 6) is 2.07. The van der Waals surface area contributed by atoms with Crippen molar-refractivity contribution in [2.45, 2.75) is 20.0 Å². The monoisotopic (exact) mass is 288 g/mol. The van der Waals surface area contributed by atoms with Crippen LogP contribution in [0.5, 0.6) is 0 Å². The van der Waals surface area contributed by atoms with Crippen molar-refractivity contribution in [2.24, 2.45) is 13.0 Å². The molecule has 7 nitrogen and oxygen atoms in total. The summed E-state index contributed by atoms with van der Waals surface area (Å²) in [7, 11) is 1.96. The van der Waals surface area contributed by atoms with Gasteiger partial charge in [0.15, 0.2) is 5.82 Å². The maximum absolute atomic E-state index is 5.80. The summed E-state index contributed by atoms with van der Waals surface area (Å²) in [6.45, 7) is 6.74. The van der Waals surface area contributed by atoms with Gasteiger partial charge in [0, 0.05) is 32.5 Å². The summed E-state index contributed by atoms with van der Waals surface area (Å²) < 4.78 is 7.77. The average Bonchev–Trinajstić information content (AvgIpc) is 2.90. The van der Waals surface area contributed by atoms with Gasteiger partial charge < -0.3 is 9.64 Å². The highest BCUT2D eigenvalue weighted by atomic mass is 16.5. The molecule has 21 heavy (non-hydrogen) atoms. The van der Waals surface area contributed by atoms with E-state index in [0.717, 1.165) is 37.2 Å². The molecule has 0 radical (unpaired) electrons. The van der Waals surface area contributed by atoms with Crippen molar-refractivity contribution in [1.29, 1.82) is 0 Å². The Kier molecular flexibility index (Phi) is 3.83. The minimum absolute atomic E-state index is 0.232. The molecular weight excluding hydrogens is 268 g/mol. The zero-order valence-electron chi connectivity index (χ0n) is 12.6. The molecular formula is C14H20N6O. The predicted octanol–water partition coefficient (Wildman–Crippen LogP) is 1.13. The van der Waals surface area contributed by atoms with Crippen LogP contribution in [0.1, 0.15) is 13.8 Å². The van der Waals surface area contributed by atoms with Gasteiger partial charge in [0.1, 0.15) is 5.69 Å². The molecule has 1 fully saturated rings. The van der Waals surface area contributed by atoms with E-state index in [1.54, 1.807) is 18.6 Å². The fourth-order valence-corrected chi connectivity index (χ4v) is 2.49. The van der Waals surface area contributed by atoms with E-state index < -0.39 is 0 Å². The van der Waals surface area contributed by atoms with Gasteiger partial charge in [-0.25, -0.2) is 4.98 Å². The van der Waals surface area contributed by atoms with Crippen LogP contribution in [0.2, 0.25) is 0 Å². The van der Waals surface area contributed by atoms with Gasteiger partial charge in [0.2, 0.25) is 5.95 Å². The standard InChI is InChI=1S/C14H20N6O/c1-10(2)12-9-20(6-7-21-12)14-18-17-13(19(14)3)11-8-15-4-5-16-11/h4-5,8,10,12H,6-7,9H2,1-3H3. The number of nitrogens with zero attached hydrogens (tertiary/aromatic N) is 6. The molecule has 0 bridgehead atoms. The zero-order valence-corrected chi connectivity index (χ0v) is 12.6. The second kappa shape index (κ2) is 5.77. The number of ether oxygens (including phenoxy) is 1. The van der Waals surface area contributed by atoms with Crippen molar-refractivity contribution >= 4 is 5.95 Å². The van der Waals surface area contributed by atoms with E-state index in [-0.39, 0.29) is 6.10 Å². The van der Waals surface area contributed by atoms with Crippen molar-refractivity contribution in [2.75, 3.05) is 24.6 Å². The number of hydrogen-bond acceptors (Lipinski definition) is 6. The van der Waals surface area contributed by atoms with Gasteiger partial charge in [0.25, 0.3) is 0 Å². The number of hydrogen-bond donors (Lipinski definition) is 0. The second-order valence-electron chi connectivity index (χ2n) is 5.57. The van der Waals surface area contributed by atoms with Crippen molar-refractivity contribution < 1.29 is 4.74 Å². The third-order valence-electron chi connectivity index (χ3n) is 3.76. The van der Waals surface area contributed by atoms with E-state index in [2.05, 4.69) is 38.9 Å². The minimum atomic E-state index is 0.232. The van der Waals surface area contributed by atoms with Crippen LogP contribution in [0.4, 0.5) is 5.95 Å². The van der Waals surface area contributed by atoms with Gasteiger partial charge >= 0.3 is 0 Å². The second-order valence-corrected chi connectivity index (χ2v) is 5.57. The van der Waals surface area contributed by atoms with Crippen LogP contribution in [-0.4, -0.2) is 50.5 Å². The van der Waals surface area contributed by atoms with Gasteiger partial charge in [-0.15, -0.1) is 10.2 Å². The Morgan fingerprint density at radius 1 is 1.29 bits per heavy atom. The number of anilines is 1. The van der Waals surface area contributed by atoms with E-state index in [1.165, 1.54) is 0 Å². The van der Waals surface area contributed by atoms with E-state index in [0.29, 0.717) is 5.92 Å². The largest absolute Gasteiger partial charge is 0.374 e. The molecule has 0 aromatic carbocycles. The molecule has 0 amide bonds. The fourth-order valence-electron chi connectivity index (χ4n) is 2.49. The molecule has 7 heteroatoms. The third-order valence-corrected chi connectivity index (χ3v) is 3.76. The van der Waals surface area contributed by atoms with Crippen LogP contribution in [-0.2, 0) is 11.8 Å². The first-order chi connectivity index (χ1) is 10.2. The molecule has 2 aromatic heterocycles. The van der Waals surface area contributed by atoms with Gasteiger partial charge in [-0.05, 0) is 5.92 Å². The number of aromatic nitrogens is 5. The molecule has 3 rings (SSSR count). The van der Waals surface area contributed by atoms with Crippen molar-refractivity contribution in [3.8, 4) is 11.5 Å². The number of morpholine rings is 1. The Labute approximate surface area is 124 Å². The third kappa shape index (κ3) is 2.73. The van der Waals surface area contributed by atoms with E-state index in [1.807, 2.05) is 11.6 Å². The molecule has 0 aliphatic carbocycles. The summed E-state index contributed by atoms with van der Waals surface area (Å²) in [6, 6.07) is 0. The van der Waals surface area contributed by atoms with Crippen molar-refractivity contribution in [3.63, 3.8) is 0 Å². The smallest absolute Gasteiger partial charge is 0.227 e. The highest BCUT2D eigenvalue weighted by Crippen LogP contribution is 2.22. The van der Waals surface area contributed by atoms with Gasteiger partial charge in [-0.3, -0.25) is 9.55 Å². The van der Waals surface area contributed by atoms with E-state index in [4.69, 9.17) is 4.74 Å². The molecule has 1 atom stereocenters. The number of rotatable bonds is 3. The Hall–Kier alpha value is -2.02. The maximum atomic E-state index is 5.80. The Morgan fingerprint density at radius 2 is 2.14 bits per heavy atom. The summed E-state index contributed by atoms with van der Waals surface area (Å²) in [6.07, 6.45) is 5.24. The molecule has 2 aromatic rings. The maximum Gasteiger partial charge on any atom is 0.227 e. The predicted molar refractivity (Wildman–Crippen MR) is 78.8 cm³/mol. The van der Waals surface area contributed by atoms with Crippen LogP contribution in [0, 0.1) is 5.92 Å². The van der Waals surface area contributed by atoms with E-state index >= 15 is 0 Å². The average molecular weight is 288 g/mol. The molecule has 1 aliphatic heterocycles. The molecule has 1 unspecified atom stereocenters. The Balaban J connectivity index is 1.85. The van der Waals surface area contributed by atoms with Crippen LogP contribution in [0.25, 0.3) is 11.5 Å². The summed E-state index contributed by atoms with van der Waals surface area (Å²) in [4.78, 5) is 10.6. The molecule has 0 saturated carbocycles. The topological polar surface area (TPSA) is 69.0 Å². The highest BCUT2D eigenvalue weighted by molar-refractivity contribution is 5.51. The Bertz CT molecular complexity index is 597. The fraction of sp³-hybridized carbons (Fsp3) is 0.571. The summed E-state index contributed by atoms with van der Waals surface area (Å²) in [5.41, 5.74) is 0.729. The first-order valence-corrected chi connectivity index (χ1v) is 7.19. The molecule has 0 spiro atoms. The first-order valence-electron chi connectivity index (χ1n) is 7.19. The molecule has 3 heterocycles. The van der Waals surface area contributed by atoms with Crippen molar-refractivity contribution in [3.05, 3.63) is 18.6 Å². The molecule has 1 aliphatic rings. The first kappa shape index (κ1) is 13.9. The van der Waals surface area contributed by atoms with Gasteiger partial charge in [-0.1, -0.05) is 13.8 Å². The zero-order chi connectivity index (χ0) is 14.8. The lowest BCUT2D eigenvalue weighted by Crippen LogP contribution is -2.45. The highest BCUT2D eigenvalue weighted by Gasteiger charge is 2.26. The van der Waals surface area contributed by atoms with Crippen LogP contribution >= 0.6 is 0 Å². The van der Waals surface area contributed by atoms with Crippen LogP contribution in [0.15, 0.2) is 18.6 Å². The SMILES string of the molecule is CC(C)C1CN(c2nnc(-c3cnccn3)n2C)CCO1. The van der Waals surface area contributed by atoms with Gasteiger partial charge in [-0.2, -0.15) is 0 Å². The lowest BCUT2D eigenvalue weighted by molar-refractivity contribution is 0.0108. The molecule has 112 valence electrons. The van der Waals surface area contributed by atoms with Gasteiger partial charge in [0.05, 0.1) is 18.9 Å².